The molecule has 47 heavy (non-hydrogen) atoms. The third-order valence-electron chi connectivity index (χ3n) is 10.3. The Morgan fingerprint density at radius 1 is 0.468 bits per heavy atom. The van der Waals surface area contributed by atoms with Crippen molar-refractivity contribution in [3.63, 3.8) is 0 Å². The van der Waals surface area contributed by atoms with Gasteiger partial charge in [0.05, 0.1) is 0 Å². The average Bonchev–Trinajstić information content (AvgIpc) is 3.37. The van der Waals surface area contributed by atoms with E-state index >= 15 is 0 Å². The molecule has 0 fully saturated rings. The van der Waals surface area contributed by atoms with Gasteiger partial charge in [-0.25, -0.2) is 9.13 Å². The highest BCUT2D eigenvalue weighted by Gasteiger charge is 2.45. The van der Waals surface area contributed by atoms with Crippen LogP contribution in [0.25, 0.3) is 22.3 Å². The Hall–Kier alpha value is -4.04. The number of benzene rings is 3. The smallest absolute Gasteiger partial charge is 0.173 e. The molecule has 0 atom stereocenters. The zero-order chi connectivity index (χ0) is 32.3. The van der Waals surface area contributed by atoms with Crippen molar-refractivity contribution in [1.82, 2.24) is 0 Å². The van der Waals surface area contributed by atoms with Crippen LogP contribution < -0.4 is 9.13 Å². The molecule has 0 saturated heterocycles. The van der Waals surface area contributed by atoms with Crippen LogP contribution in [0.15, 0.2) is 122 Å². The Balaban J connectivity index is 1.39. The van der Waals surface area contributed by atoms with Crippen molar-refractivity contribution in [2.24, 2.45) is 0 Å². The monoisotopic (exact) mass is 622 g/mol. The summed E-state index contributed by atoms with van der Waals surface area (Å²) < 4.78 is 4.83. The van der Waals surface area contributed by atoms with Gasteiger partial charge < -0.3 is 0 Å². The molecule has 2 nitrogen and oxygen atoms in total. The van der Waals surface area contributed by atoms with E-state index in [4.69, 9.17) is 0 Å². The van der Waals surface area contributed by atoms with Gasteiger partial charge in [0, 0.05) is 42.0 Å². The number of nitrogens with zero attached hydrogens (tertiary/aromatic N) is 2. The lowest BCUT2D eigenvalue weighted by Gasteiger charge is -2.32. The summed E-state index contributed by atoms with van der Waals surface area (Å²) in [5, 5.41) is 0. The van der Waals surface area contributed by atoms with E-state index in [1.807, 2.05) is 0 Å². The SMILES string of the molecule is CCCCCCC[n+]1ccc(-c2ccc3c(c2)C(Cc2ccccc2)(Cc2ccccc2)c2c[n+](CCCCCCC)ccc2-3)cc1. The lowest BCUT2D eigenvalue weighted by Crippen LogP contribution is -2.38. The molecule has 0 amide bonds. The van der Waals surface area contributed by atoms with E-state index < -0.39 is 0 Å². The van der Waals surface area contributed by atoms with Crippen molar-refractivity contribution in [3.05, 3.63) is 144 Å². The largest absolute Gasteiger partial charge is 0.205 e. The van der Waals surface area contributed by atoms with Gasteiger partial charge in [0.2, 0.25) is 0 Å². The maximum Gasteiger partial charge on any atom is 0.173 e. The van der Waals surface area contributed by atoms with Gasteiger partial charge >= 0.3 is 0 Å². The predicted octanol–water partition coefficient (Wildman–Crippen LogP) is 10.6. The zero-order valence-corrected chi connectivity index (χ0v) is 28.8. The number of fused-ring (bicyclic) bond motifs is 3. The van der Waals surface area contributed by atoms with Gasteiger partial charge in [-0.05, 0) is 70.7 Å². The number of rotatable bonds is 17. The highest BCUT2D eigenvalue weighted by molar-refractivity contribution is 5.83. The van der Waals surface area contributed by atoms with E-state index in [-0.39, 0.29) is 5.41 Å². The lowest BCUT2D eigenvalue weighted by molar-refractivity contribution is -0.697. The van der Waals surface area contributed by atoms with E-state index in [9.17, 15) is 0 Å². The van der Waals surface area contributed by atoms with Gasteiger partial charge in [0.15, 0.2) is 24.8 Å². The summed E-state index contributed by atoms with van der Waals surface area (Å²) >= 11 is 0. The molecule has 6 rings (SSSR count). The molecule has 5 aromatic rings. The maximum absolute atomic E-state index is 2.53. The summed E-state index contributed by atoms with van der Waals surface area (Å²) in [5.74, 6) is 0. The van der Waals surface area contributed by atoms with Gasteiger partial charge in [0.25, 0.3) is 0 Å². The van der Waals surface area contributed by atoms with Crippen LogP contribution >= 0.6 is 0 Å². The van der Waals surface area contributed by atoms with E-state index in [2.05, 4.69) is 145 Å². The van der Waals surface area contributed by atoms with Crippen LogP contribution in [0, 0.1) is 0 Å². The molecule has 2 aromatic heterocycles. The minimum absolute atomic E-state index is 0.165. The fourth-order valence-electron chi connectivity index (χ4n) is 7.72. The van der Waals surface area contributed by atoms with Crippen LogP contribution in [0.3, 0.4) is 0 Å². The van der Waals surface area contributed by atoms with Gasteiger partial charge in [-0.2, -0.15) is 0 Å². The molecular weight excluding hydrogens is 569 g/mol. The topological polar surface area (TPSA) is 7.76 Å². The van der Waals surface area contributed by atoms with Crippen LogP contribution in [-0.2, 0) is 31.3 Å². The molecule has 0 saturated carbocycles. The summed E-state index contributed by atoms with van der Waals surface area (Å²) in [5.41, 5.74) is 10.9. The van der Waals surface area contributed by atoms with Gasteiger partial charge in [-0.3, -0.25) is 0 Å². The second-order valence-electron chi connectivity index (χ2n) is 13.8. The molecule has 1 aliphatic rings. The van der Waals surface area contributed by atoms with Gasteiger partial charge in [-0.1, -0.05) is 125 Å². The zero-order valence-electron chi connectivity index (χ0n) is 28.8. The summed E-state index contributed by atoms with van der Waals surface area (Å²) in [4.78, 5) is 0. The van der Waals surface area contributed by atoms with Crippen LogP contribution in [0.1, 0.15) is 100 Å². The van der Waals surface area contributed by atoms with Gasteiger partial charge in [-0.15, -0.1) is 0 Å². The Morgan fingerprint density at radius 3 is 1.60 bits per heavy atom. The number of unbranched alkanes of at least 4 members (excludes halogenated alkanes) is 8. The molecule has 0 bridgehead atoms. The normalized spacial score (nSPS) is 13.0. The van der Waals surface area contributed by atoms with E-state index in [1.165, 1.54) is 109 Å². The number of aromatic nitrogens is 2. The first-order valence-corrected chi connectivity index (χ1v) is 18.5. The first kappa shape index (κ1) is 32.9. The number of pyridine rings is 2. The summed E-state index contributed by atoms with van der Waals surface area (Å²) in [6.45, 7) is 6.75. The summed E-state index contributed by atoms with van der Waals surface area (Å²) in [7, 11) is 0. The molecule has 242 valence electrons. The molecule has 0 aliphatic heterocycles. The highest BCUT2D eigenvalue weighted by Crippen LogP contribution is 2.52. The molecule has 0 spiro atoms. The molecule has 0 unspecified atom stereocenters. The van der Waals surface area contributed by atoms with Gasteiger partial charge in [0.1, 0.15) is 13.1 Å². The van der Waals surface area contributed by atoms with Crippen LogP contribution in [0.4, 0.5) is 0 Å². The average molecular weight is 623 g/mol. The fourth-order valence-corrected chi connectivity index (χ4v) is 7.72. The molecule has 0 radical (unpaired) electrons. The first-order chi connectivity index (χ1) is 23.2. The quantitative estimate of drug-likeness (QED) is 0.0720. The van der Waals surface area contributed by atoms with Crippen molar-refractivity contribution in [1.29, 1.82) is 0 Å². The van der Waals surface area contributed by atoms with E-state index in [0.717, 1.165) is 25.9 Å². The van der Waals surface area contributed by atoms with Crippen LogP contribution in [-0.4, -0.2) is 0 Å². The Labute approximate surface area is 284 Å². The van der Waals surface area contributed by atoms with Crippen molar-refractivity contribution in [2.75, 3.05) is 0 Å². The highest BCUT2D eigenvalue weighted by atomic mass is 14.9. The van der Waals surface area contributed by atoms with Crippen molar-refractivity contribution in [3.8, 4) is 22.3 Å². The third-order valence-corrected chi connectivity index (χ3v) is 10.3. The van der Waals surface area contributed by atoms with E-state index in [1.54, 1.807) is 0 Å². The van der Waals surface area contributed by atoms with Crippen molar-refractivity contribution >= 4 is 0 Å². The lowest BCUT2D eigenvalue weighted by atomic mass is 9.69. The number of hydrogen-bond acceptors (Lipinski definition) is 0. The van der Waals surface area contributed by atoms with Crippen molar-refractivity contribution in [2.45, 2.75) is 109 Å². The third kappa shape index (κ3) is 7.92. The second kappa shape index (κ2) is 16.2. The standard InChI is InChI=1S/C45H54N2/c1-3-5-7-9-17-28-46-30-25-39(26-31-46)40-23-24-41-42-27-32-47(29-18-10-8-6-4-2)36-44(42)45(43(41)33-40,34-37-19-13-11-14-20-37)35-38-21-15-12-16-22-38/h11-16,19-27,30-33,36H,3-10,17-18,28-29,34-35H2,1-2H3/q+2. The molecule has 0 N–H and O–H groups in total. The summed E-state index contributed by atoms with van der Waals surface area (Å²) in [6.07, 6.45) is 24.4. The van der Waals surface area contributed by atoms with E-state index in [0.29, 0.717) is 0 Å². The van der Waals surface area contributed by atoms with Crippen LogP contribution in [0.5, 0.6) is 0 Å². The fraction of sp³-hybridized carbons (Fsp3) is 0.378. The Kier molecular flexibility index (Phi) is 11.3. The molecular formula is C45H54N2+2. The predicted molar refractivity (Wildman–Crippen MR) is 196 cm³/mol. The number of aryl methyl sites for hydroxylation is 2. The minimum atomic E-state index is -0.165. The molecule has 1 aliphatic carbocycles. The molecule has 2 heteroatoms. The summed E-state index contributed by atoms with van der Waals surface area (Å²) in [6, 6.07) is 36.7. The second-order valence-corrected chi connectivity index (χ2v) is 13.8. The number of hydrogen-bond donors (Lipinski definition) is 0. The minimum Gasteiger partial charge on any atom is -0.205 e. The molecule has 3 aromatic carbocycles. The van der Waals surface area contributed by atoms with Crippen molar-refractivity contribution < 1.29 is 9.13 Å². The van der Waals surface area contributed by atoms with Crippen LogP contribution in [0.2, 0.25) is 0 Å². The Bertz CT molecular complexity index is 1650. The maximum atomic E-state index is 2.53. The first-order valence-electron chi connectivity index (χ1n) is 18.5. The Morgan fingerprint density at radius 2 is 1.00 bits per heavy atom. The molecule has 2 heterocycles.